The fourth-order valence-electron chi connectivity index (χ4n) is 1.41. The molecule has 1 rings (SSSR count). The van der Waals surface area contributed by atoms with Gasteiger partial charge in [0.15, 0.2) is 5.78 Å². The molecule has 0 unspecified atom stereocenters. The van der Waals surface area contributed by atoms with Gasteiger partial charge in [-0.15, -0.1) is 0 Å². The van der Waals surface area contributed by atoms with E-state index in [9.17, 15) is 4.79 Å². The molecular formula is C12H16O3. The van der Waals surface area contributed by atoms with Crippen LogP contribution in [0.2, 0.25) is 0 Å². The first kappa shape index (κ1) is 11.7. The second-order valence-electron chi connectivity index (χ2n) is 3.35. The standard InChI is InChI=1S/C12H16O3/c1-9-8-10(15-3)4-5-11(9)12(13)6-7-14-2/h4-5,8H,6-7H2,1-3H3. The number of benzene rings is 1. The molecule has 0 aliphatic heterocycles. The van der Waals surface area contributed by atoms with Crippen LogP contribution >= 0.6 is 0 Å². The Morgan fingerprint density at radius 1 is 1.33 bits per heavy atom. The van der Waals surface area contributed by atoms with Crippen molar-refractivity contribution in [2.45, 2.75) is 13.3 Å². The van der Waals surface area contributed by atoms with Crippen LogP contribution in [0, 0.1) is 6.92 Å². The van der Waals surface area contributed by atoms with E-state index in [2.05, 4.69) is 0 Å². The van der Waals surface area contributed by atoms with Crippen LogP contribution in [-0.4, -0.2) is 26.6 Å². The van der Waals surface area contributed by atoms with Gasteiger partial charge in [-0.3, -0.25) is 4.79 Å². The van der Waals surface area contributed by atoms with Crippen LogP contribution in [0.4, 0.5) is 0 Å². The molecule has 0 fully saturated rings. The third kappa shape index (κ3) is 3.06. The van der Waals surface area contributed by atoms with Crippen molar-refractivity contribution in [2.75, 3.05) is 20.8 Å². The minimum Gasteiger partial charge on any atom is -0.497 e. The Labute approximate surface area is 90.0 Å². The van der Waals surface area contributed by atoms with Crippen LogP contribution in [-0.2, 0) is 4.74 Å². The van der Waals surface area contributed by atoms with Gasteiger partial charge in [-0.25, -0.2) is 0 Å². The van der Waals surface area contributed by atoms with Crippen LogP contribution < -0.4 is 4.74 Å². The van der Waals surface area contributed by atoms with Crippen LogP contribution in [0.5, 0.6) is 5.75 Å². The Balaban J connectivity index is 2.81. The smallest absolute Gasteiger partial charge is 0.165 e. The molecule has 0 N–H and O–H groups in total. The van der Waals surface area contributed by atoms with E-state index in [0.29, 0.717) is 13.0 Å². The molecule has 0 aliphatic rings. The quantitative estimate of drug-likeness (QED) is 0.696. The molecule has 3 nitrogen and oxygen atoms in total. The monoisotopic (exact) mass is 208 g/mol. The Bertz CT molecular complexity index is 345. The van der Waals surface area contributed by atoms with Crippen molar-refractivity contribution in [1.29, 1.82) is 0 Å². The zero-order valence-corrected chi connectivity index (χ0v) is 9.37. The van der Waals surface area contributed by atoms with Crippen LogP contribution in [0.15, 0.2) is 18.2 Å². The van der Waals surface area contributed by atoms with Crippen LogP contribution in [0.3, 0.4) is 0 Å². The predicted molar refractivity (Wildman–Crippen MR) is 58.6 cm³/mol. The van der Waals surface area contributed by atoms with Gasteiger partial charge < -0.3 is 9.47 Å². The second kappa shape index (κ2) is 5.51. The van der Waals surface area contributed by atoms with Crippen molar-refractivity contribution in [3.63, 3.8) is 0 Å². The molecule has 0 aliphatic carbocycles. The molecule has 82 valence electrons. The molecule has 0 saturated heterocycles. The lowest BCUT2D eigenvalue weighted by atomic mass is 10.0. The van der Waals surface area contributed by atoms with Gasteiger partial charge in [0, 0.05) is 19.1 Å². The van der Waals surface area contributed by atoms with Gasteiger partial charge in [0.1, 0.15) is 5.75 Å². The molecule has 1 aromatic rings. The fraction of sp³-hybridized carbons (Fsp3) is 0.417. The normalized spacial score (nSPS) is 10.1. The van der Waals surface area contributed by atoms with Gasteiger partial charge in [-0.2, -0.15) is 0 Å². The molecule has 0 amide bonds. The van der Waals surface area contributed by atoms with Gasteiger partial charge >= 0.3 is 0 Å². The third-order valence-electron chi connectivity index (χ3n) is 2.27. The Kier molecular flexibility index (Phi) is 4.31. The fourth-order valence-corrected chi connectivity index (χ4v) is 1.41. The van der Waals surface area contributed by atoms with E-state index < -0.39 is 0 Å². The third-order valence-corrected chi connectivity index (χ3v) is 2.27. The summed E-state index contributed by atoms with van der Waals surface area (Å²) in [4.78, 5) is 11.7. The van der Waals surface area contributed by atoms with E-state index >= 15 is 0 Å². The predicted octanol–water partition coefficient (Wildman–Crippen LogP) is 2.22. The van der Waals surface area contributed by atoms with Crippen molar-refractivity contribution < 1.29 is 14.3 Å². The number of ether oxygens (including phenoxy) is 2. The van der Waals surface area contributed by atoms with Crippen molar-refractivity contribution in [3.8, 4) is 5.75 Å². The summed E-state index contributed by atoms with van der Waals surface area (Å²) in [5, 5.41) is 0. The topological polar surface area (TPSA) is 35.5 Å². The van der Waals surface area contributed by atoms with Crippen molar-refractivity contribution in [2.24, 2.45) is 0 Å². The number of aryl methyl sites for hydroxylation is 1. The molecule has 0 spiro atoms. The summed E-state index contributed by atoms with van der Waals surface area (Å²) in [5.74, 6) is 0.882. The van der Waals surface area contributed by atoms with Gasteiger partial charge in [0.05, 0.1) is 13.7 Å². The summed E-state index contributed by atoms with van der Waals surface area (Å²) in [5.41, 5.74) is 1.68. The Morgan fingerprint density at radius 3 is 2.60 bits per heavy atom. The number of ketones is 1. The summed E-state index contributed by atoms with van der Waals surface area (Å²) in [6.45, 7) is 2.37. The maximum atomic E-state index is 11.7. The number of hydrogen-bond donors (Lipinski definition) is 0. The lowest BCUT2D eigenvalue weighted by molar-refractivity contribution is 0.0931. The molecule has 1 aromatic carbocycles. The number of rotatable bonds is 5. The average molecular weight is 208 g/mol. The highest BCUT2D eigenvalue weighted by molar-refractivity contribution is 5.97. The lowest BCUT2D eigenvalue weighted by Crippen LogP contribution is -2.05. The molecule has 0 radical (unpaired) electrons. The van der Waals surface area contributed by atoms with E-state index in [1.54, 1.807) is 26.4 Å². The minimum atomic E-state index is 0.108. The molecule has 0 atom stereocenters. The zero-order chi connectivity index (χ0) is 11.3. The first-order chi connectivity index (χ1) is 7.19. The second-order valence-corrected chi connectivity index (χ2v) is 3.35. The molecule has 0 bridgehead atoms. The van der Waals surface area contributed by atoms with Crippen molar-refractivity contribution in [1.82, 2.24) is 0 Å². The van der Waals surface area contributed by atoms with Crippen LogP contribution in [0.1, 0.15) is 22.3 Å². The summed E-state index contributed by atoms with van der Waals surface area (Å²) in [6.07, 6.45) is 0.420. The van der Waals surface area contributed by atoms with Gasteiger partial charge in [-0.05, 0) is 30.7 Å². The maximum absolute atomic E-state index is 11.7. The minimum absolute atomic E-state index is 0.108. The van der Waals surface area contributed by atoms with Gasteiger partial charge in [-0.1, -0.05) is 0 Å². The zero-order valence-electron chi connectivity index (χ0n) is 9.37. The Morgan fingerprint density at radius 2 is 2.07 bits per heavy atom. The molecule has 0 aromatic heterocycles. The van der Waals surface area contributed by atoms with E-state index in [1.807, 2.05) is 13.0 Å². The summed E-state index contributed by atoms with van der Waals surface area (Å²) >= 11 is 0. The molecule has 0 heterocycles. The number of Topliss-reactive ketones (excluding diaryl/α,β-unsaturated/α-hetero) is 1. The highest BCUT2D eigenvalue weighted by Crippen LogP contribution is 2.18. The van der Waals surface area contributed by atoms with Crippen molar-refractivity contribution in [3.05, 3.63) is 29.3 Å². The van der Waals surface area contributed by atoms with E-state index in [-0.39, 0.29) is 5.78 Å². The molecule has 0 saturated carbocycles. The summed E-state index contributed by atoms with van der Waals surface area (Å²) in [7, 11) is 3.20. The van der Waals surface area contributed by atoms with E-state index in [1.165, 1.54) is 0 Å². The highest BCUT2D eigenvalue weighted by Gasteiger charge is 2.09. The molecule has 3 heteroatoms. The van der Waals surface area contributed by atoms with Crippen LogP contribution in [0.25, 0.3) is 0 Å². The summed E-state index contributed by atoms with van der Waals surface area (Å²) in [6, 6.07) is 5.46. The lowest BCUT2D eigenvalue weighted by Gasteiger charge is -2.06. The number of carbonyl (C=O) groups is 1. The average Bonchev–Trinajstić information content (AvgIpc) is 2.25. The van der Waals surface area contributed by atoms with E-state index in [0.717, 1.165) is 16.9 Å². The van der Waals surface area contributed by atoms with Gasteiger partial charge in [0.25, 0.3) is 0 Å². The maximum Gasteiger partial charge on any atom is 0.165 e. The number of carbonyl (C=O) groups excluding carboxylic acids is 1. The number of hydrogen-bond acceptors (Lipinski definition) is 3. The first-order valence-electron chi connectivity index (χ1n) is 4.86. The Hall–Kier alpha value is -1.35. The number of methoxy groups -OCH3 is 2. The van der Waals surface area contributed by atoms with Gasteiger partial charge in [0.2, 0.25) is 0 Å². The van der Waals surface area contributed by atoms with E-state index in [4.69, 9.17) is 9.47 Å². The first-order valence-corrected chi connectivity index (χ1v) is 4.86. The largest absolute Gasteiger partial charge is 0.497 e. The SMILES string of the molecule is COCCC(=O)c1ccc(OC)cc1C. The molecular weight excluding hydrogens is 192 g/mol. The molecule has 15 heavy (non-hydrogen) atoms. The van der Waals surface area contributed by atoms with Crippen molar-refractivity contribution >= 4 is 5.78 Å². The highest BCUT2D eigenvalue weighted by atomic mass is 16.5. The summed E-state index contributed by atoms with van der Waals surface area (Å²) < 4.78 is 9.95.